The fourth-order valence-corrected chi connectivity index (χ4v) is 2.27. The van der Waals surface area contributed by atoms with Crippen molar-refractivity contribution in [2.75, 3.05) is 33.3 Å². The molecule has 2 fully saturated rings. The van der Waals surface area contributed by atoms with Crippen LogP contribution in [0.4, 0.5) is 13.2 Å². The summed E-state index contributed by atoms with van der Waals surface area (Å²) in [4.78, 5) is 13.1. The number of likely N-dealkylation sites (tertiary alicyclic amines) is 1. The molecule has 2 aliphatic rings. The molecule has 0 aromatic carbocycles. The Kier molecular flexibility index (Phi) is 3.07. The number of hydrogen-bond acceptors (Lipinski definition) is 3. The van der Waals surface area contributed by atoms with Crippen LogP contribution in [0.1, 0.15) is 6.42 Å². The molecule has 1 N–H and O–H groups in total. The molecular formula is C10H15F3N2O2. The molecule has 0 radical (unpaired) electrons. The third kappa shape index (κ3) is 2.01. The summed E-state index contributed by atoms with van der Waals surface area (Å²) >= 11 is 0. The van der Waals surface area contributed by atoms with Gasteiger partial charge in [0, 0.05) is 13.7 Å². The smallest absolute Gasteiger partial charge is 0.365 e. The Bertz CT molecular complexity index is 307. The van der Waals surface area contributed by atoms with Gasteiger partial charge in [-0.15, -0.1) is 0 Å². The van der Waals surface area contributed by atoms with Crippen LogP contribution in [0, 0.1) is 5.92 Å². The molecule has 2 rings (SSSR count). The maximum absolute atomic E-state index is 12.7. The summed E-state index contributed by atoms with van der Waals surface area (Å²) in [5.41, 5.74) is -2.16. The summed E-state index contributed by atoms with van der Waals surface area (Å²) in [5.74, 6) is -0.384. The molecule has 0 saturated carbocycles. The van der Waals surface area contributed by atoms with Gasteiger partial charge in [0.05, 0.1) is 19.0 Å². The van der Waals surface area contributed by atoms with Crippen LogP contribution in [0.15, 0.2) is 0 Å². The lowest BCUT2D eigenvalue weighted by molar-refractivity contribution is -0.307. The van der Waals surface area contributed by atoms with Crippen molar-refractivity contribution in [1.82, 2.24) is 10.2 Å². The van der Waals surface area contributed by atoms with Crippen LogP contribution in [-0.2, 0) is 9.53 Å². The van der Waals surface area contributed by atoms with Gasteiger partial charge < -0.3 is 15.0 Å². The minimum atomic E-state index is -4.42. The average molecular weight is 252 g/mol. The zero-order chi connectivity index (χ0) is 12.7. The molecule has 0 aromatic heterocycles. The number of ether oxygens (including phenoxy) is 1. The standard InChI is InChI=1S/C10H15F3N2O2/c1-17-9(10(11,12)13)5-15(6-9)8(16)7-2-3-14-4-7/h7,14H,2-6H2,1H3. The maximum Gasteiger partial charge on any atom is 0.420 e. The van der Waals surface area contributed by atoms with Gasteiger partial charge in [0.2, 0.25) is 5.91 Å². The molecule has 2 aliphatic heterocycles. The Morgan fingerprint density at radius 2 is 2.12 bits per heavy atom. The molecule has 0 aromatic rings. The highest BCUT2D eigenvalue weighted by Gasteiger charge is 2.64. The number of hydrogen-bond donors (Lipinski definition) is 1. The Morgan fingerprint density at radius 1 is 1.47 bits per heavy atom. The molecule has 2 heterocycles. The van der Waals surface area contributed by atoms with Gasteiger partial charge in [-0.05, 0) is 13.0 Å². The van der Waals surface area contributed by atoms with Crippen LogP contribution in [-0.4, -0.2) is 55.9 Å². The predicted molar refractivity (Wildman–Crippen MR) is 53.4 cm³/mol. The number of amides is 1. The van der Waals surface area contributed by atoms with Crippen LogP contribution in [0.25, 0.3) is 0 Å². The van der Waals surface area contributed by atoms with E-state index in [1.54, 1.807) is 0 Å². The van der Waals surface area contributed by atoms with Gasteiger partial charge in [0.1, 0.15) is 0 Å². The van der Waals surface area contributed by atoms with E-state index in [1.807, 2.05) is 0 Å². The molecule has 1 unspecified atom stereocenters. The summed E-state index contributed by atoms with van der Waals surface area (Å²) < 4.78 is 42.6. The third-order valence-electron chi connectivity index (χ3n) is 3.52. The summed E-state index contributed by atoms with van der Waals surface area (Å²) in [6, 6.07) is 0. The second-order valence-electron chi connectivity index (χ2n) is 4.58. The van der Waals surface area contributed by atoms with Crippen molar-refractivity contribution < 1.29 is 22.7 Å². The Labute approximate surface area is 97.1 Å². The Balaban J connectivity index is 1.95. The first-order chi connectivity index (χ1) is 7.89. The van der Waals surface area contributed by atoms with Gasteiger partial charge in [-0.1, -0.05) is 0 Å². The van der Waals surface area contributed by atoms with E-state index >= 15 is 0 Å². The van der Waals surface area contributed by atoms with Crippen molar-refractivity contribution in [3.05, 3.63) is 0 Å². The van der Waals surface area contributed by atoms with Crippen LogP contribution < -0.4 is 5.32 Å². The zero-order valence-electron chi connectivity index (χ0n) is 9.51. The number of methoxy groups -OCH3 is 1. The first kappa shape index (κ1) is 12.6. The van der Waals surface area contributed by atoms with Crippen molar-refractivity contribution in [2.45, 2.75) is 18.2 Å². The molecule has 98 valence electrons. The van der Waals surface area contributed by atoms with E-state index in [9.17, 15) is 18.0 Å². The minimum absolute atomic E-state index is 0.182. The second-order valence-corrected chi connectivity index (χ2v) is 4.58. The molecule has 0 spiro atoms. The molecule has 17 heavy (non-hydrogen) atoms. The zero-order valence-corrected chi connectivity index (χ0v) is 9.51. The number of halogens is 3. The first-order valence-electron chi connectivity index (χ1n) is 5.51. The third-order valence-corrected chi connectivity index (χ3v) is 3.52. The van der Waals surface area contributed by atoms with Crippen molar-refractivity contribution >= 4 is 5.91 Å². The van der Waals surface area contributed by atoms with Gasteiger partial charge in [-0.3, -0.25) is 4.79 Å². The highest BCUT2D eigenvalue weighted by Crippen LogP contribution is 2.41. The lowest BCUT2D eigenvalue weighted by atomic mass is 9.91. The van der Waals surface area contributed by atoms with E-state index in [1.165, 1.54) is 4.90 Å². The van der Waals surface area contributed by atoms with Gasteiger partial charge in [0.25, 0.3) is 0 Å². The Morgan fingerprint density at radius 3 is 2.53 bits per heavy atom. The van der Waals surface area contributed by atoms with Gasteiger partial charge in [0.15, 0.2) is 5.60 Å². The average Bonchev–Trinajstić information content (AvgIpc) is 2.66. The van der Waals surface area contributed by atoms with Crippen molar-refractivity contribution in [2.24, 2.45) is 5.92 Å². The van der Waals surface area contributed by atoms with Crippen LogP contribution in [0.2, 0.25) is 0 Å². The predicted octanol–water partition coefficient (Wildman–Crippen LogP) is 0.386. The fraction of sp³-hybridized carbons (Fsp3) is 0.900. The first-order valence-corrected chi connectivity index (χ1v) is 5.51. The van der Waals surface area contributed by atoms with Gasteiger partial charge >= 0.3 is 6.18 Å². The van der Waals surface area contributed by atoms with E-state index in [0.717, 1.165) is 13.7 Å². The van der Waals surface area contributed by atoms with E-state index in [4.69, 9.17) is 0 Å². The fourth-order valence-electron chi connectivity index (χ4n) is 2.27. The normalized spacial score (nSPS) is 28.0. The van der Waals surface area contributed by atoms with E-state index in [2.05, 4.69) is 10.1 Å². The molecule has 1 atom stereocenters. The molecule has 1 amide bonds. The molecule has 4 nitrogen and oxygen atoms in total. The largest absolute Gasteiger partial charge is 0.420 e. The summed E-state index contributed by atoms with van der Waals surface area (Å²) in [6.07, 6.45) is -3.73. The highest BCUT2D eigenvalue weighted by molar-refractivity contribution is 5.80. The number of rotatable bonds is 2. The number of alkyl halides is 3. The number of nitrogens with zero attached hydrogens (tertiary/aromatic N) is 1. The molecule has 2 saturated heterocycles. The molecule has 7 heteroatoms. The van der Waals surface area contributed by atoms with E-state index in [0.29, 0.717) is 13.0 Å². The molecular weight excluding hydrogens is 237 g/mol. The van der Waals surface area contributed by atoms with Crippen LogP contribution in [0.3, 0.4) is 0 Å². The van der Waals surface area contributed by atoms with Crippen molar-refractivity contribution in [1.29, 1.82) is 0 Å². The van der Waals surface area contributed by atoms with Gasteiger partial charge in [-0.25, -0.2) is 0 Å². The van der Waals surface area contributed by atoms with Gasteiger partial charge in [-0.2, -0.15) is 13.2 Å². The highest BCUT2D eigenvalue weighted by atomic mass is 19.4. The Hall–Kier alpha value is -0.820. The lowest BCUT2D eigenvalue weighted by Gasteiger charge is -2.49. The van der Waals surface area contributed by atoms with Crippen LogP contribution >= 0.6 is 0 Å². The number of nitrogens with one attached hydrogen (secondary N) is 1. The molecule has 0 bridgehead atoms. The second kappa shape index (κ2) is 4.13. The number of carbonyl (C=O) groups excluding carboxylic acids is 1. The van der Waals surface area contributed by atoms with Crippen molar-refractivity contribution in [3.63, 3.8) is 0 Å². The SMILES string of the molecule is COC1(C(F)(F)F)CN(C(=O)C2CCNC2)C1. The minimum Gasteiger partial charge on any atom is -0.365 e. The van der Waals surface area contributed by atoms with E-state index < -0.39 is 11.8 Å². The summed E-state index contributed by atoms with van der Waals surface area (Å²) in [6.45, 7) is 0.533. The topological polar surface area (TPSA) is 41.6 Å². The number of carbonyl (C=O) groups is 1. The lowest BCUT2D eigenvalue weighted by Crippen LogP contribution is -2.71. The monoisotopic (exact) mass is 252 g/mol. The molecule has 0 aliphatic carbocycles. The quantitative estimate of drug-likeness (QED) is 0.772. The maximum atomic E-state index is 12.7. The summed E-state index contributed by atoms with van der Waals surface area (Å²) in [7, 11) is 1.03. The summed E-state index contributed by atoms with van der Waals surface area (Å²) in [5, 5.41) is 3.02. The van der Waals surface area contributed by atoms with E-state index in [-0.39, 0.29) is 24.9 Å². The van der Waals surface area contributed by atoms with Crippen molar-refractivity contribution in [3.8, 4) is 0 Å². The van der Waals surface area contributed by atoms with Crippen LogP contribution in [0.5, 0.6) is 0 Å².